The molecule has 6 heteroatoms. The van der Waals surface area contributed by atoms with Gasteiger partial charge in [0.15, 0.2) is 5.82 Å². The Kier molecular flexibility index (Phi) is 9.10. The molecule has 0 aliphatic carbocycles. The van der Waals surface area contributed by atoms with E-state index < -0.39 is 0 Å². The highest BCUT2D eigenvalue weighted by atomic mass is 35.5. The second-order valence-corrected chi connectivity index (χ2v) is 8.83. The SMILES string of the molecule is NCCCCCCCNc1nc(C=Cc2cccc(Oc3ccccc3)c2)nc2cc(Cl)ccc12. The summed E-state index contributed by atoms with van der Waals surface area (Å²) in [5, 5.41) is 5.12. The molecule has 0 saturated heterocycles. The first-order valence-electron chi connectivity index (χ1n) is 12.1. The van der Waals surface area contributed by atoms with Gasteiger partial charge in [0.2, 0.25) is 0 Å². The van der Waals surface area contributed by atoms with Crippen LogP contribution in [-0.2, 0) is 0 Å². The summed E-state index contributed by atoms with van der Waals surface area (Å²) in [6.45, 7) is 1.63. The van der Waals surface area contributed by atoms with E-state index in [2.05, 4.69) is 5.32 Å². The minimum atomic E-state index is 0.625. The highest BCUT2D eigenvalue weighted by molar-refractivity contribution is 6.31. The average molecular weight is 487 g/mol. The van der Waals surface area contributed by atoms with E-state index in [4.69, 9.17) is 32.0 Å². The number of nitrogens with one attached hydrogen (secondary N) is 1. The van der Waals surface area contributed by atoms with Crippen molar-refractivity contribution in [1.82, 2.24) is 9.97 Å². The Balaban J connectivity index is 1.48. The van der Waals surface area contributed by atoms with Gasteiger partial charge in [-0.1, -0.05) is 67.3 Å². The predicted molar refractivity (Wildman–Crippen MR) is 147 cm³/mol. The molecule has 0 bridgehead atoms. The van der Waals surface area contributed by atoms with Gasteiger partial charge in [0.1, 0.15) is 17.3 Å². The molecule has 0 amide bonds. The average Bonchev–Trinajstić information content (AvgIpc) is 2.87. The molecule has 0 aliphatic rings. The van der Waals surface area contributed by atoms with Gasteiger partial charge in [0, 0.05) is 17.0 Å². The molecule has 35 heavy (non-hydrogen) atoms. The van der Waals surface area contributed by atoms with E-state index in [1.807, 2.05) is 84.9 Å². The summed E-state index contributed by atoms with van der Waals surface area (Å²) in [5.41, 5.74) is 7.39. The number of nitrogens with zero attached hydrogens (tertiary/aromatic N) is 2. The molecular weight excluding hydrogens is 456 g/mol. The molecule has 0 saturated carbocycles. The van der Waals surface area contributed by atoms with Crippen LogP contribution in [-0.4, -0.2) is 23.1 Å². The predicted octanol–water partition coefficient (Wildman–Crippen LogP) is 7.57. The quantitative estimate of drug-likeness (QED) is 0.202. The molecule has 0 spiro atoms. The van der Waals surface area contributed by atoms with Crippen LogP contribution >= 0.6 is 11.6 Å². The Labute approximate surface area is 212 Å². The number of hydrogen-bond acceptors (Lipinski definition) is 5. The third-order valence-electron chi connectivity index (χ3n) is 5.61. The number of anilines is 1. The smallest absolute Gasteiger partial charge is 0.154 e. The van der Waals surface area contributed by atoms with Gasteiger partial charge in [0.25, 0.3) is 0 Å². The molecule has 3 N–H and O–H groups in total. The van der Waals surface area contributed by atoms with Crippen LogP contribution < -0.4 is 15.8 Å². The summed E-state index contributed by atoms with van der Waals surface area (Å²) < 4.78 is 5.95. The van der Waals surface area contributed by atoms with Gasteiger partial charge in [0.05, 0.1) is 5.52 Å². The summed E-state index contributed by atoms with van der Waals surface area (Å²) >= 11 is 6.25. The Morgan fingerprint density at radius 3 is 2.46 bits per heavy atom. The number of rotatable bonds is 12. The fourth-order valence-corrected chi connectivity index (χ4v) is 3.98. The maximum Gasteiger partial charge on any atom is 0.154 e. The molecule has 5 nitrogen and oxygen atoms in total. The number of hydrogen-bond donors (Lipinski definition) is 2. The van der Waals surface area contributed by atoms with Gasteiger partial charge in [-0.25, -0.2) is 9.97 Å². The fraction of sp³-hybridized carbons (Fsp3) is 0.241. The summed E-state index contributed by atoms with van der Waals surface area (Å²) in [4.78, 5) is 9.50. The van der Waals surface area contributed by atoms with E-state index in [1.54, 1.807) is 0 Å². The van der Waals surface area contributed by atoms with E-state index in [-0.39, 0.29) is 0 Å². The van der Waals surface area contributed by atoms with Crippen molar-refractivity contribution in [2.24, 2.45) is 5.73 Å². The van der Waals surface area contributed by atoms with Crippen molar-refractivity contribution >= 4 is 40.5 Å². The molecular formula is C29H31ClN4O. The summed E-state index contributed by atoms with van der Waals surface area (Å²) in [6, 6.07) is 23.4. The first-order chi connectivity index (χ1) is 17.2. The third-order valence-corrected chi connectivity index (χ3v) is 5.85. The second-order valence-electron chi connectivity index (χ2n) is 8.40. The highest BCUT2D eigenvalue weighted by Gasteiger charge is 2.07. The fourth-order valence-electron chi connectivity index (χ4n) is 3.81. The number of nitrogens with two attached hydrogens (primary N) is 1. The molecule has 180 valence electrons. The van der Waals surface area contributed by atoms with Crippen LogP contribution in [0.5, 0.6) is 11.5 Å². The van der Waals surface area contributed by atoms with Crippen molar-refractivity contribution in [2.45, 2.75) is 32.1 Å². The Bertz CT molecular complexity index is 1260. The van der Waals surface area contributed by atoms with Crippen LogP contribution in [0.1, 0.15) is 43.5 Å². The largest absolute Gasteiger partial charge is 0.457 e. The summed E-state index contributed by atoms with van der Waals surface area (Å²) in [7, 11) is 0. The van der Waals surface area contributed by atoms with Gasteiger partial charge < -0.3 is 15.8 Å². The van der Waals surface area contributed by atoms with E-state index in [1.165, 1.54) is 19.3 Å². The molecule has 0 unspecified atom stereocenters. The minimum absolute atomic E-state index is 0.625. The lowest BCUT2D eigenvalue weighted by Gasteiger charge is -2.10. The van der Waals surface area contributed by atoms with Crippen molar-refractivity contribution in [2.75, 3.05) is 18.4 Å². The van der Waals surface area contributed by atoms with E-state index in [0.717, 1.165) is 59.7 Å². The molecule has 1 aromatic heterocycles. The molecule has 0 aliphatic heterocycles. The van der Waals surface area contributed by atoms with Crippen molar-refractivity contribution in [3.63, 3.8) is 0 Å². The van der Waals surface area contributed by atoms with E-state index in [0.29, 0.717) is 10.8 Å². The van der Waals surface area contributed by atoms with Crippen molar-refractivity contribution in [3.05, 3.63) is 89.2 Å². The number of para-hydroxylation sites is 1. The Morgan fingerprint density at radius 1 is 0.800 bits per heavy atom. The third kappa shape index (κ3) is 7.54. The van der Waals surface area contributed by atoms with Gasteiger partial charge >= 0.3 is 0 Å². The molecule has 0 atom stereocenters. The van der Waals surface area contributed by atoms with Gasteiger partial charge in [-0.2, -0.15) is 0 Å². The number of ether oxygens (including phenoxy) is 1. The zero-order valence-electron chi connectivity index (χ0n) is 19.8. The Morgan fingerprint density at radius 2 is 1.60 bits per heavy atom. The molecule has 0 fully saturated rings. The number of aromatic nitrogens is 2. The molecule has 0 radical (unpaired) electrons. The van der Waals surface area contributed by atoms with Crippen LogP contribution in [0.3, 0.4) is 0 Å². The molecule has 4 rings (SSSR count). The van der Waals surface area contributed by atoms with Gasteiger partial charge in [-0.05, 0) is 73.5 Å². The molecule has 3 aromatic carbocycles. The lowest BCUT2D eigenvalue weighted by Crippen LogP contribution is -2.06. The maximum atomic E-state index is 6.25. The first-order valence-corrected chi connectivity index (χ1v) is 12.5. The van der Waals surface area contributed by atoms with Crippen LogP contribution in [0.4, 0.5) is 5.82 Å². The van der Waals surface area contributed by atoms with Crippen LogP contribution in [0, 0.1) is 0 Å². The van der Waals surface area contributed by atoms with Crippen molar-refractivity contribution in [3.8, 4) is 11.5 Å². The van der Waals surface area contributed by atoms with Crippen molar-refractivity contribution in [1.29, 1.82) is 0 Å². The van der Waals surface area contributed by atoms with Gasteiger partial charge in [-0.3, -0.25) is 0 Å². The summed E-state index contributed by atoms with van der Waals surface area (Å²) in [5.74, 6) is 3.03. The maximum absolute atomic E-state index is 6.25. The zero-order valence-corrected chi connectivity index (χ0v) is 20.5. The monoisotopic (exact) mass is 486 g/mol. The van der Waals surface area contributed by atoms with Crippen LogP contribution in [0.2, 0.25) is 5.02 Å². The lowest BCUT2D eigenvalue weighted by molar-refractivity contribution is 0.482. The van der Waals surface area contributed by atoms with Gasteiger partial charge in [-0.15, -0.1) is 0 Å². The highest BCUT2D eigenvalue weighted by Crippen LogP contribution is 2.25. The second kappa shape index (κ2) is 12.9. The number of halogens is 1. The van der Waals surface area contributed by atoms with Crippen LogP contribution in [0.15, 0.2) is 72.8 Å². The zero-order chi connectivity index (χ0) is 24.3. The summed E-state index contributed by atoms with van der Waals surface area (Å²) in [6.07, 6.45) is 9.67. The normalized spacial score (nSPS) is 11.3. The number of unbranched alkanes of at least 4 members (excludes halogenated alkanes) is 4. The lowest BCUT2D eigenvalue weighted by atomic mass is 10.1. The topological polar surface area (TPSA) is 73.1 Å². The number of benzene rings is 3. The Hall–Kier alpha value is -3.41. The molecule has 4 aromatic rings. The molecule has 1 heterocycles. The van der Waals surface area contributed by atoms with E-state index >= 15 is 0 Å². The number of fused-ring (bicyclic) bond motifs is 1. The minimum Gasteiger partial charge on any atom is -0.457 e. The van der Waals surface area contributed by atoms with E-state index in [9.17, 15) is 0 Å². The standard InChI is InChI=1S/C29H31ClN4O/c30-23-15-16-26-27(21-23)33-28(34-29(26)32-19-8-3-1-2-7-18-31)17-14-22-10-9-13-25(20-22)35-24-11-5-4-6-12-24/h4-6,9-17,20-21H,1-3,7-8,18-19,31H2,(H,32,33,34). The van der Waals surface area contributed by atoms with Crippen LogP contribution in [0.25, 0.3) is 23.1 Å². The first kappa shape index (κ1) is 24.7. The van der Waals surface area contributed by atoms with Crippen molar-refractivity contribution < 1.29 is 4.74 Å².